The van der Waals surface area contributed by atoms with Gasteiger partial charge in [-0.1, -0.05) is 32.9 Å². The summed E-state index contributed by atoms with van der Waals surface area (Å²) in [6.45, 7) is 9.79. The minimum absolute atomic E-state index is 0.241. The van der Waals surface area contributed by atoms with E-state index >= 15 is 0 Å². The molecular weight excluding hydrogens is 198 g/mol. The van der Waals surface area contributed by atoms with E-state index in [1.807, 2.05) is 58.9 Å². The molecule has 2 N–H and O–H groups in total. The summed E-state index contributed by atoms with van der Waals surface area (Å²) in [4.78, 5) is 12.3. The molecule has 0 aromatic heterocycles. The minimum Gasteiger partial charge on any atom is -0.399 e. The molecule has 0 unspecified atom stereocenters. The Balaban J connectivity index is 3.11. The Morgan fingerprint density at radius 3 is 1.81 bits per heavy atom. The summed E-state index contributed by atoms with van der Waals surface area (Å²) in [5.41, 5.74) is 6.59. The van der Waals surface area contributed by atoms with E-state index in [4.69, 9.17) is 5.73 Å². The van der Waals surface area contributed by atoms with Crippen molar-refractivity contribution in [1.29, 1.82) is 0 Å². The van der Waals surface area contributed by atoms with Crippen molar-refractivity contribution in [2.24, 2.45) is 5.41 Å². The van der Waals surface area contributed by atoms with Crippen LogP contribution < -0.4 is 5.73 Å². The Bertz CT molecular complexity index is 382. The second-order valence-corrected chi connectivity index (χ2v) is 5.83. The third-order valence-electron chi connectivity index (χ3n) is 2.88. The molecule has 2 nitrogen and oxygen atoms in total. The number of hydrogen-bond donors (Lipinski definition) is 1. The van der Waals surface area contributed by atoms with Crippen molar-refractivity contribution in [2.75, 3.05) is 5.73 Å². The molecule has 0 bridgehead atoms. The summed E-state index contributed by atoms with van der Waals surface area (Å²) in [7, 11) is 0. The SMILES string of the molecule is CC(C)(C)C(=O)C(C)(C)c1ccc(N)cc1. The number of carbonyl (C=O) groups excluding carboxylic acids is 1. The summed E-state index contributed by atoms with van der Waals surface area (Å²) in [5, 5.41) is 0. The highest BCUT2D eigenvalue weighted by atomic mass is 16.1. The highest BCUT2D eigenvalue weighted by Crippen LogP contribution is 2.32. The molecule has 1 aromatic rings. The van der Waals surface area contributed by atoms with Gasteiger partial charge in [0.1, 0.15) is 5.78 Å². The lowest BCUT2D eigenvalue weighted by atomic mass is 9.71. The van der Waals surface area contributed by atoms with Gasteiger partial charge < -0.3 is 5.73 Å². The summed E-state index contributed by atoms with van der Waals surface area (Å²) in [5.74, 6) is 0.241. The van der Waals surface area contributed by atoms with Gasteiger partial charge in [-0.3, -0.25) is 4.79 Å². The van der Waals surface area contributed by atoms with Crippen LogP contribution in [-0.4, -0.2) is 5.78 Å². The number of anilines is 1. The molecule has 1 rings (SSSR count). The number of Topliss-reactive ketones (excluding diaryl/α,β-unsaturated/α-hetero) is 1. The van der Waals surface area contributed by atoms with E-state index in [2.05, 4.69) is 0 Å². The van der Waals surface area contributed by atoms with E-state index in [0.29, 0.717) is 0 Å². The van der Waals surface area contributed by atoms with Gasteiger partial charge in [-0.15, -0.1) is 0 Å². The zero-order valence-corrected chi connectivity index (χ0v) is 10.8. The average Bonchev–Trinajstić information content (AvgIpc) is 2.16. The van der Waals surface area contributed by atoms with Gasteiger partial charge in [-0.05, 0) is 31.5 Å². The number of benzene rings is 1. The fourth-order valence-electron chi connectivity index (χ4n) is 1.97. The monoisotopic (exact) mass is 219 g/mol. The van der Waals surface area contributed by atoms with Crippen LogP contribution in [0.15, 0.2) is 24.3 Å². The number of nitrogens with two attached hydrogens (primary N) is 1. The first kappa shape index (κ1) is 12.8. The topological polar surface area (TPSA) is 43.1 Å². The van der Waals surface area contributed by atoms with Crippen LogP contribution in [-0.2, 0) is 10.2 Å². The van der Waals surface area contributed by atoms with E-state index in [1.54, 1.807) is 0 Å². The van der Waals surface area contributed by atoms with E-state index in [9.17, 15) is 4.79 Å². The summed E-state index contributed by atoms with van der Waals surface area (Å²) >= 11 is 0. The van der Waals surface area contributed by atoms with Crippen LogP contribution in [0.4, 0.5) is 5.69 Å². The maximum absolute atomic E-state index is 12.3. The number of rotatable bonds is 2. The molecule has 2 heteroatoms. The standard InChI is InChI=1S/C14H21NO/c1-13(2,3)12(16)14(4,5)10-6-8-11(15)9-7-10/h6-9H,15H2,1-5H3. The highest BCUT2D eigenvalue weighted by Gasteiger charge is 2.37. The molecule has 16 heavy (non-hydrogen) atoms. The second-order valence-electron chi connectivity index (χ2n) is 5.83. The Hall–Kier alpha value is -1.31. The van der Waals surface area contributed by atoms with Crippen molar-refractivity contribution in [1.82, 2.24) is 0 Å². The number of nitrogen functional groups attached to an aromatic ring is 1. The Labute approximate surface area is 97.9 Å². The fraction of sp³-hybridized carbons (Fsp3) is 0.500. The van der Waals surface area contributed by atoms with Crippen molar-refractivity contribution in [2.45, 2.75) is 40.0 Å². The van der Waals surface area contributed by atoms with Gasteiger partial charge in [0.25, 0.3) is 0 Å². The van der Waals surface area contributed by atoms with E-state index in [-0.39, 0.29) is 11.2 Å². The maximum atomic E-state index is 12.3. The van der Waals surface area contributed by atoms with Gasteiger partial charge in [-0.2, -0.15) is 0 Å². The molecule has 1 aromatic carbocycles. The fourth-order valence-corrected chi connectivity index (χ4v) is 1.97. The Kier molecular flexibility index (Phi) is 3.13. The Morgan fingerprint density at radius 2 is 1.44 bits per heavy atom. The zero-order valence-electron chi connectivity index (χ0n) is 10.8. The van der Waals surface area contributed by atoms with Crippen LogP contribution in [0.5, 0.6) is 0 Å². The van der Waals surface area contributed by atoms with Crippen molar-refractivity contribution in [3.63, 3.8) is 0 Å². The van der Waals surface area contributed by atoms with Crippen LogP contribution in [0, 0.1) is 5.41 Å². The molecule has 0 saturated heterocycles. The third kappa shape index (κ3) is 2.43. The first-order valence-corrected chi connectivity index (χ1v) is 5.56. The zero-order chi connectivity index (χ0) is 12.6. The van der Waals surface area contributed by atoms with Crippen LogP contribution in [0.1, 0.15) is 40.2 Å². The lowest BCUT2D eigenvalue weighted by Gasteiger charge is -2.31. The van der Waals surface area contributed by atoms with Gasteiger partial charge in [0.15, 0.2) is 0 Å². The van der Waals surface area contributed by atoms with E-state index in [1.165, 1.54) is 0 Å². The second kappa shape index (κ2) is 3.93. The van der Waals surface area contributed by atoms with Crippen LogP contribution in [0.3, 0.4) is 0 Å². The molecule has 0 fully saturated rings. The quantitative estimate of drug-likeness (QED) is 0.776. The molecule has 0 aliphatic carbocycles. The summed E-state index contributed by atoms with van der Waals surface area (Å²) in [6, 6.07) is 7.54. The molecule has 0 aliphatic heterocycles. The van der Waals surface area contributed by atoms with E-state index in [0.717, 1.165) is 11.3 Å². The summed E-state index contributed by atoms with van der Waals surface area (Å²) in [6.07, 6.45) is 0. The number of hydrogen-bond acceptors (Lipinski definition) is 2. The lowest BCUT2D eigenvalue weighted by Crippen LogP contribution is -2.38. The summed E-state index contributed by atoms with van der Waals surface area (Å²) < 4.78 is 0. The molecule has 0 atom stereocenters. The average molecular weight is 219 g/mol. The first-order valence-electron chi connectivity index (χ1n) is 5.56. The molecule has 0 amide bonds. The van der Waals surface area contributed by atoms with Gasteiger partial charge in [0, 0.05) is 16.5 Å². The number of ketones is 1. The molecule has 0 saturated carbocycles. The van der Waals surface area contributed by atoms with Crippen LogP contribution >= 0.6 is 0 Å². The lowest BCUT2D eigenvalue weighted by molar-refractivity contribution is -0.131. The maximum Gasteiger partial charge on any atom is 0.148 e. The van der Waals surface area contributed by atoms with Gasteiger partial charge >= 0.3 is 0 Å². The largest absolute Gasteiger partial charge is 0.399 e. The van der Waals surface area contributed by atoms with E-state index < -0.39 is 5.41 Å². The molecule has 0 heterocycles. The minimum atomic E-state index is -0.466. The number of carbonyl (C=O) groups is 1. The molecule has 0 radical (unpaired) electrons. The first-order chi connectivity index (χ1) is 7.15. The predicted octanol–water partition coefficient (Wildman–Crippen LogP) is 3.16. The Morgan fingerprint density at radius 1 is 1.00 bits per heavy atom. The molecular formula is C14H21NO. The normalized spacial score (nSPS) is 12.6. The van der Waals surface area contributed by atoms with Crippen LogP contribution in [0.2, 0.25) is 0 Å². The van der Waals surface area contributed by atoms with Crippen molar-refractivity contribution in [3.05, 3.63) is 29.8 Å². The van der Waals surface area contributed by atoms with Gasteiger partial charge in [0.2, 0.25) is 0 Å². The molecule has 88 valence electrons. The van der Waals surface area contributed by atoms with Gasteiger partial charge in [0.05, 0.1) is 0 Å². The smallest absolute Gasteiger partial charge is 0.148 e. The van der Waals surface area contributed by atoms with Crippen molar-refractivity contribution >= 4 is 11.5 Å². The van der Waals surface area contributed by atoms with Crippen LogP contribution in [0.25, 0.3) is 0 Å². The predicted molar refractivity (Wildman–Crippen MR) is 68.3 cm³/mol. The van der Waals surface area contributed by atoms with Crippen molar-refractivity contribution < 1.29 is 4.79 Å². The van der Waals surface area contributed by atoms with Crippen molar-refractivity contribution in [3.8, 4) is 0 Å². The van der Waals surface area contributed by atoms with Gasteiger partial charge in [-0.25, -0.2) is 0 Å². The third-order valence-corrected chi connectivity index (χ3v) is 2.88. The highest BCUT2D eigenvalue weighted by molar-refractivity contribution is 5.93. The molecule has 0 aliphatic rings. The molecule has 0 spiro atoms.